The Morgan fingerprint density at radius 2 is 2.08 bits per heavy atom. The zero-order chi connectivity index (χ0) is 10.3. The van der Waals surface area contributed by atoms with Crippen LogP contribution >= 0.6 is 0 Å². The predicted octanol–water partition coefficient (Wildman–Crippen LogP) is 0.766. The molecule has 4 nitrogen and oxygen atoms in total. The van der Waals surface area contributed by atoms with Crippen molar-refractivity contribution < 1.29 is 14.7 Å². The molecule has 0 aromatic heterocycles. The van der Waals surface area contributed by atoms with Crippen molar-refractivity contribution in [2.75, 3.05) is 0 Å². The molecular formula is C9H15NO3. The first-order chi connectivity index (χ1) is 5.88. The highest BCUT2D eigenvalue weighted by Crippen LogP contribution is 2.58. The average molecular weight is 185 g/mol. The lowest BCUT2D eigenvalue weighted by molar-refractivity contribution is -0.144. The first-order valence-corrected chi connectivity index (χ1v) is 4.40. The van der Waals surface area contributed by atoms with Gasteiger partial charge in [0.15, 0.2) is 0 Å². The van der Waals surface area contributed by atoms with E-state index in [1.54, 1.807) is 0 Å². The maximum absolute atomic E-state index is 11.0. The lowest BCUT2D eigenvalue weighted by atomic mass is 9.99. The lowest BCUT2D eigenvalue weighted by Crippen LogP contribution is -2.46. The summed E-state index contributed by atoms with van der Waals surface area (Å²) in [6.45, 7) is 5.17. The minimum atomic E-state index is -1.01. The Bertz CT molecular complexity index is 264. The molecule has 2 N–H and O–H groups in total. The molecule has 0 aromatic carbocycles. The van der Waals surface area contributed by atoms with Crippen LogP contribution in [-0.2, 0) is 9.59 Å². The van der Waals surface area contributed by atoms with Crippen LogP contribution < -0.4 is 5.32 Å². The summed E-state index contributed by atoms with van der Waals surface area (Å²) >= 11 is 0. The second kappa shape index (κ2) is 2.72. The molecule has 1 rings (SSSR count). The molecule has 0 bridgehead atoms. The van der Waals surface area contributed by atoms with Gasteiger partial charge in [-0.2, -0.15) is 0 Å². The maximum atomic E-state index is 11.0. The predicted molar refractivity (Wildman–Crippen MR) is 47.2 cm³/mol. The van der Waals surface area contributed by atoms with E-state index in [-0.39, 0.29) is 11.3 Å². The van der Waals surface area contributed by atoms with Gasteiger partial charge in [0.05, 0.1) is 0 Å². The molecule has 4 heteroatoms. The lowest BCUT2D eigenvalue weighted by Gasteiger charge is -2.18. The van der Waals surface area contributed by atoms with Crippen molar-refractivity contribution in [3.8, 4) is 0 Å². The molecule has 1 aliphatic carbocycles. The molecule has 2 atom stereocenters. The normalized spacial score (nSPS) is 36.8. The number of carbonyl (C=O) groups is 2. The van der Waals surface area contributed by atoms with E-state index in [9.17, 15) is 9.59 Å². The molecule has 1 fully saturated rings. The second-order valence-corrected chi connectivity index (χ2v) is 3.98. The van der Waals surface area contributed by atoms with Crippen LogP contribution in [0.15, 0.2) is 0 Å². The highest BCUT2D eigenvalue weighted by molar-refractivity contribution is 5.90. The van der Waals surface area contributed by atoms with E-state index in [1.165, 1.54) is 6.92 Å². The van der Waals surface area contributed by atoms with E-state index >= 15 is 0 Å². The van der Waals surface area contributed by atoms with E-state index < -0.39 is 11.5 Å². The third-order valence-electron chi connectivity index (χ3n) is 3.10. The van der Waals surface area contributed by atoms with Gasteiger partial charge in [0.1, 0.15) is 5.54 Å². The van der Waals surface area contributed by atoms with Crippen molar-refractivity contribution in [3.05, 3.63) is 0 Å². The van der Waals surface area contributed by atoms with Gasteiger partial charge in [0.25, 0.3) is 0 Å². The Hall–Kier alpha value is -1.06. The summed E-state index contributed by atoms with van der Waals surface area (Å²) in [6, 6.07) is 0. The summed E-state index contributed by atoms with van der Waals surface area (Å²) in [4.78, 5) is 21.8. The minimum absolute atomic E-state index is 0.273. The van der Waals surface area contributed by atoms with Crippen molar-refractivity contribution >= 4 is 11.9 Å². The van der Waals surface area contributed by atoms with Gasteiger partial charge in [0.2, 0.25) is 5.91 Å². The van der Waals surface area contributed by atoms with Gasteiger partial charge in [-0.05, 0) is 12.8 Å². The van der Waals surface area contributed by atoms with Gasteiger partial charge >= 0.3 is 5.97 Å². The average Bonchev–Trinajstić information content (AvgIpc) is 2.58. The number of carboxylic acid groups (broad SMARTS) is 1. The van der Waals surface area contributed by atoms with E-state index in [2.05, 4.69) is 5.32 Å². The fraction of sp³-hybridized carbons (Fsp3) is 0.778. The number of nitrogens with one attached hydrogen (secondary N) is 1. The van der Waals surface area contributed by atoms with Crippen molar-refractivity contribution in [1.82, 2.24) is 5.32 Å². The third kappa shape index (κ3) is 1.30. The molecule has 74 valence electrons. The summed E-state index contributed by atoms with van der Waals surface area (Å²) in [5.74, 6) is -1.20. The zero-order valence-electron chi connectivity index (χ0n) is 8.18. The highest BCUT2D eigenvalue weighted by Gasteiger charge is 2.69. The van der Waals surface area contributed by atoms with Gasteiger partial charge in [-0.1, -0.05) is 13.8 Å². The van der Waals surface area contributed by atoms with Crippen LogP contribution in [0.1, 0.15) is 33.6 Å². The third-order valence-corrected chi connectivity index (χ3v) is 3.10. The number of carboxylic acids is 1. The summed E-state index contributed by atoms with van der Waals surface area (Å²) in [5.41, 5.74) is -1.28. The summed E-state index contributed by atoms with van der Waals surface area (Å²) in [7, 11) is 0. The topological polar surface area (TPSA) is 66.4 Å². The first kappa shape index (κ1) is 10.0. The molecular weight excluding hydrogens is 170 g/mol. The summed E-state index contributed by atoms with van der Waals surface area (Å²) in [5, 5.41) is 11.5. The smallest absolute Gasteiger partial charge is 0.330 e. The van der Waals surface area contributed by atoms with Crippen LogP contribution in [0.3, 0.4) is 0 Å². The molecule has 0 unspecified atom stereocenters. The molecule has 0 radical (unpaired) electrons. The quantitative estimate of drug-likeness (QED) is 0.682. The Kier molecular flexibility index (Phi) is 2.10. The maximum Gasteiger partial charge on any atom is 0.330 e. The fourth-order valence-electron chi connectivity index (χ4n) is 1.85. The number of rotatable bonds is 3. The van der Waals surface area contributed by atoms with Crippen molar-refractivity contribution in [2.45, 2.75) is 39.2 Å². The van der Waals surface area contributed by atoms with Gasteiger partial charge in [-0.25, -0.2) is 4.79 Å². The summed E-state index contributed by atoms with van der Waals surface area (Å²) in [6.07, 6.45) is 1.30. The highest BCUT2D eigenvalue weighted by atomic mass is 16.4. The minimum Gasteiger partial charge on any atom is -0.479 e. The van der Waals surface area contributed by atoms with Crippen LogP contribution in [0.4, 0.5) is 0 Å². The fourth-order valence-corrected chi connectivity index (χ4v) is 1.85. The van der Waals surface area contributed by atoms with Gasteiger partial charge in [0, 0.05) is 12.3 Å². The van der Waals surface area contributed by atoms with Crippen LogP contribution in [0.25, 0.3) is 0 Å². The van der Waals surface area contributed by atoms with Crippen LogP contribution in [0.5, 0.6) is 0 Å². The number of amides is 1. The molecule has 1 saturated carbocycles. The standard InChI is InChI=1S/C9H15NO3/c1-4-8(3)5-9(8,7(12)13)10-6(2)11/h4-5H2,1-3H3,(H,10,11)(H,12,13)/t8-,9+/m1/s1. The van der Waals surface area contributed by atoms with Crippen molar-refractivity contribution in [1.29, 1.82) is 0 Å². The number of hydrogen-bond acceptors (Lipinski definition) is 2. The molecule has 13 heavy (non-hydrogen) atoms. The molecule has 1 aliphatic rings. The Labute approximate surface area is 77.3 Å². The van der Waals surface area contributed by atoms with E-state index in [4.69, 9.17) is 5.11 Å². The summed E-state index contributed by atoms with van der Waals surface area (Å²) < 4.78 is 0. The van der Waals surface area contributed by atoms with Crippen molar-refractivity contribution in [3.63, 3.8) is 0 Å². The molecule has 0 aromatic rings. The molecule has 0 heterocycles. The van der Waals surface area contributed by atoms with Gasteiger partial charge in [-0.15, -0.1) is 0 Å². The van der Waals surface area contributed by atoms with E-state index in [0.29, 0.717) is 6.42 Å². The largest absolute Gasteiger partial charge is 0.479 e. The Morgan fingerprint density at radius 1 is 1.54 bits per heavy atom. The molecule has 0 spiro atoms. The van der Waals surface area contributed by atoms with Crippen LogP contribution in [-0.4, -0.2) is 22.5 Å². The Morgan fingerprint density at radius 3 is 2.31 bits per heavy atom. The van der Waals surface area contributed by atoms with Gasteiger partial charge in [-0.3, -0.25) is 4.79 Å². The molecule has 1 amide bonds. The number of hydrogen-bond donors (Lipinski definition) is 2. The second-order valence-electron chi connectivity index (χ2n) is 3.98. The van der Waals surface area contributed by atoms with E-state index in [1.807, 2.05) is 13.8 Å². The Balaban J connectivity index is 2.83. The van der Waals surface area contributed by atoms with Crippen molar-refractivity contribution in [2.24, 2.45) is 5.41 Å². The van der Waals surface area contributed by atoms with Crippen LogP contribution in [0, 0.1) is 5.41 Å². The van der Waals surface area contributed by atoms with Gasteiger partial charge < -0.3 is 10.4 Å². The van der Waals surface area contributed by atoms with Crippen LogP contribution in [0.2, 0.25) is 0 Å². The molecule has 0 aliphatic heterocycles. The zero-order valence-corrected chi connectivity index (χ0v) is 8.18. The first-order valence-electron chi connectivity index (χ1n) is 4.40. The number of carbonyl (C=O) groups excluding carboxylic acids is 1. The SMILES string of the molecule is CC[C@]1(C)C[C@]1(NC(C)=O)C(=O)O. The monoisotopic (exact) mass is 185 g/mol. The van der Waals surface area contributed by atoms with E-state index in [0.717, 1.165) is 6.42 Å². The number of aliphatic carboxylic acids is 1. The molecule has 0 saturated heterocycles.